The van der Waals surface area contributed by atoms with E-state index < -0.39 is 15.7 Å². The normalized spacial score (nSPS) is 11.7. The summed E-state index contributed by atoms with van der Waals surface area (Å²) < 4.78 is 37.7. The monoisotopic (exact) mass is 269 g/mol. The van der Waals surface area contributed by atoms with Crippen LogP contribution in [-0.2, 0) is 16.9 Å². The summed E-state index contributed by atoms with van der Waals surface area (Å²) in [7, 11) is -1.82. The smallest absolute Gasteiger partial charge is 0.175 e. The van der Waals surface area contributed by atoms with Gasteiger partial charge in [-0.3, -0.25) is 4.68 Å². The largest absolute Gasteiger partial charge is 0.384 e. The van der Waals surface area contributed by atoms with Crippen molar-refractivity contribution in [3.63, 3.8) is 0 Å². The number of nitrogen functional groups attached to an aromatic ring is 1. The fourth-order valence-electron chi connectivity index (χ4n) is 1.55. The maximum absolute atomic E-state index is 13.4. The maximum Gasteiger partial charge on any atom is 0.175 e. The second kappa shape index (κ2) is 4.09. The number of aromatic nitrogens is 2. The second-order valence-electron chi connectivity index (χ2n) is 4.03. The highest BCUT2D eigenvalue weighted by molar-refractivity contribution is 7.90. The van der Waals surface area contributed by atoms with Crippen LogP contribution in [0.15, 0.2) is 29.2 Å². The van der Waals surface area contributed by atoms with Crippen molar-refractivity contribution in [3.05, 3.63) is 30.1 Å². The van der Waals surface area contributed by atoms with Gasteiger partial charge >= 0.3 is 0 Å². The third kappa shape index (κ3) is 2.35. The quantitative estimate of drug-likeness (QED) is 0.889. The van der Waals surface area contributed by atoms with Gasteiger partial charge in [0.1, 0.15) is 11.6 Å². The standard InChI is InChI=1S/C11H12FN3O2S/c1-15-11(13)6-10(14-15)7-3-8(12)5-9(4-7)18(2,16)17/h3-6H,13H2,1-2H3. The Morgan fingerprint density at radius 2 is 1.94 bits per heavy atom. The minimum atomic E-state index is -3.46. The highest BCUT2D eigenvalue weighted by Crippen LogP contribution is 2.24. The van der Waals surface area contributed by atoms with Crippen LogP contribution in [0.1, 0.15) is 0 Å². The first-order valence-corrected chi connectivity index (χ1v) is 6.97. The van der Waals surface area contributed by atoms with E-state index in [-0.39, 0.29) is 4.90 Å². The van der Waals surface area contributed by atoms with Crippen LogP contribution in [0.2, 0.25) is 0 Å². The molecular weight excluding hydrogens is 257 g/mol. The molecule has 0 aliphatic heterocycles. The van der Waals surface area contributed by atoms with Crippen LogP contribution < -0.4 is 5.73 Å². The molecule has 0 saturated heterocycles. The molecule has 1 aromatic carbocycles. The lowest BCUT2D eigenvalue weighted by Crippen LogP contribution is -1.99. The Labute approximate surface area is 104 Å². The van der Waals surface area contributed by atoms with Gasteiger partial charge in [0.2, 0.25) is 0 Å². The molecule has 0 radical (unpaired) electrons. The highest BCUT2D eigenvalue weighted by Gasteiger charge is 2.13. The third-order valence-corrected chi connectivity index (χ3v) is 3.60. The van der Waals surface area contributed by atoms with E-state index in [0.29, 0.717) is 17.1 Å². The first-order chi connectivity index (χ1) is 8.27. The van der Waals surface area contributed by atoms with E-state index in [2.05, 4.69) is 5.10 Å². The van der Waals surface area contributed by atoms with Gasteiger partial charge in [-0.1, -0.05) is 0 Å². The fraction of sp³-hybridized carbons (Fsp3) is 0.182. The molecule has 0 aliphatic carbocycles. The van der Waals surface area contributed by atoms with Gasteiger partial charge in [0.25, 0.3) is 0 Å². The van der Waals surface area contributed by atoms with Gasteiger partial charge < -0.3 is 5.73 Å². The van der Waals surface area contributed by atoms with Crippen molar-refractivity contribution in [2.45, 2.75) is 4.90 Å². The average Bonchev–Trinajstić information content (AvgIpc) is 2.57. The van der Waals surface area contributed by atoms with Gasteiger partial charge in [0, 0.05) is 24.9 Å². The van der Waals surface area contributed by atoms with Crippen molar-refractivity contribution in [2.75, 3.05) is 12.0 Å². The summed E-state index contributed by atoms with van der Waals surface area (Å²) in [5, 5.41) is 4.07. The van der Waals surface area contributed by atoms with Crippen LogP contribution in [0.5, 0.6) is 0 Å². The van der Waals surface area contributed by atoms with Crippen LogP contribution in [0.3, 0.4) is 0 Å². The number of benzene rings is 1. The average molecular weight is 269 g/mol. The zero-order valence-electron chi connectivity index (χ0n) is 9.88. The number of rotatable bonds is 2. The predicted octanol–water partition coefficient (Wildman–Crippen LogP) is 1.21. The molecular formula is C11H12FN3O2S. The van der Waals surface area contributed by atoms with E-state index in [9.17, 15) is 12.8 Å². The number of halogens is 1. The summed E-state index contributed by atoms with van der Waals surface area (Å²) >= 11 is 0. The molecule has 2 N–H and O–H groups in total. The lowest BCUT2D eigenvalue weighted by atomic mass is 10.1. The van der Waals surface area contributed by atoms with Crippen LogP contribution in [0.4, 0.5) is 10.2 Å². The lowest BCUT2D eigenvalue weighted by molar-refractivity contribution is 0.596. The Balaban J connectivity index is 2.62. The van der Waals surface area contributed by atoms with Gasteiger partial charge in [0.15, 0.2) is 9.84 Å². The zero-order chi connectivity index (χ0) is 13.5. The summed E-state index contributed by atoms with van der Waals surface area (Å²) in [5.41, 5.74) is 6.44. The molecule has 0 fully saturated rings. The number of anilines is 1. The van der Waals surface area contributed by atoms with Crippen molar-refractivity contribution >= 4 is 15.7 Å². The Hall–Kier alpha value is -1.89. The number of hydrogen-bond donors (Lipinski definition) is 1. The Kier molecular flexibility index (Phi) is 2.86. The Morgan fingerprint density at radius 3 is 2.44 bits per heavy atom. The lowest BCUT2D eigenvalue weighted by Gasteiger charge is -2.02. The minimum Gasteiger partial charge on any atom is -0.384 e. The predicted molar refractivity (Wildman–Crippen MR) is 66.1 cm³/mol. The summed E-state index contributed by atoms with van der Waals surface area (Å²) in [6, 6.07) is 5.13. The molecule has 1 heterocycles. The van der Waals surface area contributed by atoms with Crippen LogP contribution in [0, 0.1) is 5.82 Å². The van der Waals surface area contributed by atoms with E-state index in [1.165, 1.54) is 16.8 Å². The first-order valence-electron chi connectivity index (χ1n) is 5.08. The van der Waals surface area contributed by atoms with Crippen LogP contribution in [0.25, 0.3) is 11.3 Å². The molecule has 1 aromatic heterocycles. The van der Waals surface area contributed by atoms with E-state index >= 15 is 0 Å². The number of hydrogen-bond acceptors (Lipinski definition) is 4. The molecule has 2 rings (SSSR count). The SMILES string of the molecule is Cn1nc(-c2cc(F)cc(S(C)(=O)=O)c2)cc1N. The van der Waals surface area contributed by atoms with E-state index in [0.717, 1.165) is 12.3 Å². The van der Waals surface area contributed by atoms with Crippen LogP contribution >= 0.6 is 0 Å². The molecule has 18 heavy (non-hydrogen) atoms. The molecule has 2 aromatic rings. The highest BCUT2D eigenvalue weighted by atomic mass is 32.2. The van der Waals surface area contributed by atoms with Crippen molar-refractivity contribution in [2.24, 2.45) is 7.05 Å². The molecule has 0 amide bonds. The molecule has 0 spiro atoms. The molecule has 7 heteroatoms. The van der Waals surface area contributed by atoms with Gasteiger partial charge in [-0.15, -0.1) is 0 Å². The van der Waals surface area contributed by atoms with Gasteiger partial charge in [-0.05, 0) is 18.2 Å². The van der Waals surface area contributed by atoms with Gasteiger partial charge in [-0.25, -0.2) is 12.8 Å². The number of nitrogens with zero attached hydrogens (tertiary/aromatic N) is 2. The minimum absolute atomic E-state index is 0.0817. The molecule has 96 valence electrons. The summed E-state index contributed by atoms with van der Waals surface area (Å²) in [5.74, 6) is -0.215. The second-order valence-corrected chi connectivity index (χ2v) is 6.04. The Bertz CT molecular complexity index is 688. The number of sulfone groups is 1. The van der Waals surface area contributed by atoms with Crippen molar-refractivity contribution < 1.29 is 12.8 Å². The fourth-order valence-corrected chi connectivity index (χ4v) is 2.22. The number of aryl methyl sites for hydroxylation is 1. The summed E-state index contributed by atoms with van der Waals surface area (Å²) in [6.45, 7) is 0. The topological polar surface area (TPSA) is 78.0 Å². The van der Waals surface area contributed by atoms with E-state index in [1.54, 1.807) is 13.1 Å². The molecule has 0 unspecified atom stereocenters. The number of nitrogens with two attached hydrogens (primary N) is 1. The third-order valence-electron chi connectivity index (χ3n) is 2.51. The van der Waals surface area contributed by atoms with E-state index in [4.69, 9.17) is 5.73 Å². The van der Waals surface area contributed by atoms with Crippen LogP contribution in [-0.4, -0.2) is 24.5 Å². The van der Waals surface area contributed by atoms with Gasteiger partial charge in [0.05, 0.1) is 10.6 Å². The molecule has 0 bridgehead atoms. The van der Waals surface area contributed by atoms with Gasteiger partial charge in [-0.2, -0.15) is 5.10 Å². The molecule has 5 nitrogen and oxygen atoms in total. The first kappa shape index (κ1) is 12.6. The maximum atomic E-state index is 13.4. The molecule has 0 saturated carbocycles. The summed E-state index contributed by atoms with van der Waals surface area (Å²) in [4.78, 5) is -0.0817. The molecule has 0 aliphatic rings. The van der Waals surface area contributed by atoms with Crippen molar-refractivity contribution in [1.29, 1.82) is 0 Å². The van der Waals surface area contributed by atoms with E-state index in [1.807, 2.05) is 0 Å². The zero-order valence-corrected chi connectivity index (χ0v) is 10.7. The van der Waals surface area contributed by atoms with Crippen molar-refractivity contribution in [3.8, 4) is 11.3 Å². The Morgan fingerprint density at radius 1 is 1.28 bits per heavy atom. The van der Waals surface area contributed by atoms with Crippen molar-refractivity contribution in [1.82, 2.24) is 9.78 Å². The molecule has 0 atom stereocenters. The summed E-state index contributed by atoms with van der Waals surface area (Å²) in [6.07, 6.45) is 1.03.